The van der Waals surface area contributed by atoms with Gasteiger partial charge in [0, 0.05) is 19.8 Å². The zero-order valence-electron chi connectivity index (χ0n) is 12.4. The summed E-state index contributed by atoms with van der Waals surface area (Å²) in [6, 6.07) is 0. The van der Waals surface area contributed by atoms with Gasteiger partial charge in [0.05, 0.1) is 0 Å². The van der Waals surface area contributed by atoms with Crippen LogP contribution in [0.15, 0.2) is 0 Å². The van der Waals surface area contributed by atoms with E-state index in [-0.39, 0.29) is 0 Å². The van der Waals surface area contributed by atoms with Gasteiger partial charge in [-0.15, -0.1) is 0 Å². The maximum Gasteiger partial charge on any atom is 0.0469 e. The monoisotopic (exact) mass is 256 g/mol. The Labute approximate surface area is 113 Å². The van der Waals surface area contributed by atoms with E-state index in [1.165, 1.54) is 51.6 Å². The minimum Gasteiger partial charge on any atom is -0.381 e. The second-order valence-corrected chi connectivity index (χ2v) is 5.81. The summed E-state index contributed by atoms with van der Waals surface area (Å²) in [4.78, 5) is 2.51. The van der Waals surface area contributed by atoms with E-state index in [2.05, 4.69) is 18.9 Å². The molecular weight excluding hydrogens is 224 g/mol. The molecule has 0 amide bonds. The fourth-order valence-electron chi connectivity index (χ4n) is 2.90. The molecule has 108 valence electrons. The van der Waals surface area contributed by atoms with Gasteiger partial charge in [0.15, 0.2) is 0 Å². The van der Waals surface area contributed by atoms with Crippen molar-refractivity contribution < 1.29 is 4.74 Å². The molecule has 1 heterocycles. The molecule has 0 aromatic carbocycles. The predicted octanol–water partition coefficient (Wildman–Crippen LogP) is 2.50. The fraction of sp³-hybridized carbons (Fsp3) is 1.00. The van der Waals surface area contributed by atoms with Crippen molar-refractivity contribution in [3.05, 3.63) is 0 Å². The van der Waals surface area contributed by atoms with Crippen LogP contribution in [0.2, 0.25) is 0 Å². The van der Waals surface area contributed by atoms with Crippen LogP contribution in [0, 0.1) is 11.8 Å². The Morgan fingerprint density at radius 2 is 2.00 bits per heavy atom. The lowest BCUT2D eigenvalue weighted by molar-refractivity contribution is 0.0554. The van der Waals surface area contributed by atoms with Crippen LogP contribution in [0.1, 0.15) is 45.4 Å². The molecule has 1 unspecified atom stereocenters. The van der Waals surface area contributed by atoms with E-state index in [4.69, 9.17) is 10.5 Å². The predicted molar refractivity (Wildman–Crippen MR) is 77.7 cm³/mol. The maximum atomic E-state index is 5.64. The lowest BCUT2D eigenvalue weighted by atomic mass is 9.96. The average molecular weight is 256 g/mol. The molecule has 2 N–H and O–H groups in total. The maximum absolute atomic E-state index is 5.64. The topological polar surface area (TPSA) is 38.5 Å². The highest BCUT2D eigenvalue weighted by atomic mass is 16.5. The third-order valence-electron chi connectivity index (χ3n) is 4.22. The van der Waals surface area contributed by atoms with Gasteiger partial charge in [0.2, 0.25) is 0 Å². The zero-order valence-corrected chi connectivity index (χ0v) is 12.4. The minimum absolute atomic E-state index is 0.839. The first kappa shape index (κ1) is 15.9. The lowest BCUT2D eigenvalue weighted by Gasteiger charge is -2.27. The molecule has 1 fully saturated rings. The first-order valence-corrected chi connectivity index (χ1v) is 7.72. The third-order valence-corrected chi connectivity index (χ3v) is 4.22. The van der Waals surface area contributed by atoms with Crippen LogP contribution in [0.5, 0.6) is 0 Å². The summed E-state index contributed by atoms with van der Waals surface area (Å²) >= 11 is 0. The second kappa shape index (κ2) is 9.76. The largest absolute Gasteiger partial charge is 0.381 e. The first-order valence-electron chi connectivity index (χ1n) is 7.72. The molecule has 0 saturated carbocycles. The normalized spacial score (nSPS) is 19.3. The van der Waals surface area contributed by atoms with E-state index >= 15 is 0 Å². The van der Waals surface area contributed by atoms with Crippen LogP contribution in [0.4, 0.5) is 0 Å². The molecule has 1 aliphatic rings. The molecule has 18 heavy (non-hydrogen) atoms. The number of rotatable bonds is 9. The van der Waals surface area contributed by atoms with Crippen molar-refractivity contribution in [1.82, 2.24) is 4.90 Å². The Morgan fingerprint density at radius 1 is 1.28 bits per heavy atom. The van der Waals surface area contributed by atoms with Crippen molar-refractivity contribution in [1.29, 1.82) is 0 Å². The van der Waals surface area contributed by atoms with Crippen LogP contribution >= 0.6 is 0 Å². The summed E-state index contributed by atoms with van der Waals surface area (Å²) < 4.78 is 5.40. The van der Waals surface area contributed by atoms with Crippen LogP contribution < -0.4 is 5.73 Å². The minimum atomic E-state index is 0.839. The summed E-state index contributed by atoms with van der Waals surface area (Å²) in [5.41, 5.74) is 5.64. The van der Waals surface area contributed by atoms with Gasteiger partial charge in [0.1, 0.15) is 0 Å². The number of nitrogens with two attached hydrogens (primary N) is 1. The highest BCUT2D eigenvalue weighted by Gasteiger charge is 2.15. The first-order chi connectivity index (χ1) is 8.76. The fourth-order valence-corrected chi connectivity index (χ4v) is 2.90. The van der Waals surface area contributed by atoms with Crippen molar-refractivity contribution in [2.75, 3.05) is 39.9 Å². The number of nitrogens with zero attached hydrogens (tertiary/aromatic N) is 1. The lowest BCUT2D eigenvalue weighted by Crippen LogP contribution is -2.30. The van der Waals surface area contributed by atoms with Crippen molar-refractivity contribution in [3.8, 4) is 0 Å². The molecule has 0 spiro atoms. The molecule has 3 nitrogen and oxygen atoms in total. The summed E-state index contributed by atoms with van der Waals surface area (Å²) in [7, 11) is 2.26. The van der Waals surface area contributed by atoms with Gasteiger partial charge < -0.3 is 15.4 Å². The van der Waals surface area contributed by atoms with Crippen LogP contribution in [0.25, 0.3) is 0 Å². The van der Waals surface area contributed by atoms with Gasteiger partial charge in [-0.1, -0.05) is 13.3 Å². The number of hydrogen-bond acceptors (Lipinski definition) is 3. The van der Waals surface area contributed by atoms with Crippen molar-refractivity contribution in [2.24, 2.45) is 17.6 Å². The molecule has 0 aromatic rings. The highest BCUT2D eigenvalue weighted by Crippen LogP contribution is 2.17. The molecule has 1 atom stereocenters. The molecule has 0 aromatic heterocycles. The number of hydrogen-bond donors (Lipinski definition) is 1. The quantitative estimate of drug-likeness (QED) is 0.689. The van der Waals surface area contributed by atoms with Gasteiger partial charge in [-0.25, -0.2) is 0 Å². The van der Waals surface area contributed by atoms with Crippen molar-refractivity contribution in [3.63, 3.8) is 0 Å². The molecule has 0 radical (unpaired) electrons. The van der Waals surface area contributed by atoms with Gasteiger partial charge in [0.25, 0.3) is 0 Å². The van der Waals surface area contributed by atoms with Crippen LogP contribution in [0.3, 0.4) is 0 Å². The Kier molecular flexibility index (Phi) is 8.64. The summed E-state index contributed by atoms with van der Waals surface area (Å²) in [6.45, 7) is 7.54. The van der Waals surface area contributed by atoms with E-state index in [0.717, 1.165) is 31.6 Å². The van der Waals surface area contributed by atoms with Gasteiger partial charge in [-0.3, -0.25) is 0 Å². The van der Waals surface area contributed by atoms with E-state index < -0.39 is 0 Å². The van der Waals surface area contributed by atoms with Crippen LogP contribution in [-0.2, 0) is 4.74 Å². The summed E-state index contributed by atoms with van der Waals surface area (Å²) in [5.74, 6) is 1.70. The second-order valence-electron chi connectivity index (χ2n) is 5.81. The van der Waals surface area contributed by atoms with E-state index in [1.54, 1.807) is 0 Å². The molecule has 0 aliphatic carbocycles. The summed E-state index contributed by atoms with van der Waals surface area (Å²) in [6.07, 6.45) is 7.62. The average Bonchev–Trinajstić information content (AvgIpc) is 2.39. The molecule has 1 saturated heterocycles. The van der Waals surface area contributed by atoms with Gasteiger partial charge >= 0.3 is 0 Å². The van der Waals surface area contributed by atoms with E-state index in [9.17, 15) is 0 Å². The van der Waals surface area contributed by atoms with Gasteiger partial charge in [-0.05, 0) is 64.1 Å². The molecular formula is C15H32N2O. The SMILES string of the molecule is CCC(CCN)CCCN(C)CC1CCOCC1. The molecule has 0 bridgehead atoms. The standard InChI is InChI=1S/C15H32N2O/c1-3-14(6-9-16)5-4-10-17(2)13-15-7-11-18-12-8-15/h14-15H,3-13,16H2,1-2H3. The summed E-state index contributed by atoms with van der Waals surface area (Å²) in [5, 5.41) is 0. The van der Waals surface area contributed by atoms with Crippen molar-refractivity contribution in [2.45, 2.75) is 45.4 Å². The van der Waals surface area contributed by atoms with Crippen molar-refractivity contribution >= 4 is 0 Å². The van der Waals surface area contributed by atoms with Gasteiger partial charge in [-0.2, -0.15) is 0 Å². The molecule has 1 rings (SSSR count). The van der Waals surface area contributed by atoms with E-state index in [0.29, 0.717) is 0 Å². The molecule has 3 heteroatoms. The Hall–Kier alpha value is -0.120. The Balaban J connectivity index is 2.06. The zero-order chi connectivity index (χ0) is 13.2. The smallest absolute Gasteiger partial charge is 0.0469 e. The Bertz CT molecular complexity index is 193. The third kappa shape index (κ3) is 6.72. The van der Waals surface area contributed by atoms with E-state index in [1.807, 2.05) is 0 Å². The van der Waals surface area contributed by atoms with Crippen LogP contribution in [-0.4, -0.2) is 44.8 Å². The highest BCUT2D eigenvalue weighted by molar-refractivity contribution is 4.68. The molecule has 1 aliphatic heterocycles. The Morgan fingerprint density at radius 3 is 2.61 bits per heavy atom. The number of ether oxygens (including phenoxy) is 1.